The first kappa shape index (κ1) is 19.0. The summed E-state index contributed by atoms with van der Waals surface area (Å²) in [5.41, 5.74) is -0.0115. The Morgan fingerprint density at radius 3 is 1.96 bits per heavy atom. The number of rotatable bonds is 4. The van der Waals surface area contributed by atoms with Crippen molar-refractivity contribution in [1.29, 1.82) is 0 Å². The van der Waals surface area contributed by atoms with Gasteiger partial charge < -0.3 is 5.32 Å². The zero-order chi connectivity index (χ0) is 18.3. The van der Waals surface area contributed by atoms with E-state index in [2.05, 4.69) is 4.98 Å². The Balaban J connectivity index is 3.19. The summed E-state index contributed by atoms with van der Waals surface area (Å²) in [6.45, 7) is 1.20. The molecule has 1 amide bonds. The van der Waals surface area contributed by atoms with Crippen LogP contribution in [-0.2, 0) is 4.79 Å². The first-order valence-electron chi connectivity index (χ1n) is 5.59. The van der Waals surface area contributed by atoms with E-state index in [0.29, 0.717) is 0 Å². The largest absolute Gasteiger partial charge is 0.460 e. The lowest BCUT2D eigenvalue weighted by atomic mass is 10.0. The fourth-order valence-electron chi connectivity index (χ4n) is 1.32. The number of halogens is 9. The van der Waals surface area contributed by atoms with Crippen LogP contribution < -0.4 is 5.32 Å². The Labute approximate surface area is 122 Å². The molecule has 1 rings (SSSR count). The Hall–Kier alpha value is -2.01. The van der Waals surface area contributed by atoms with Crippen LogP contribution in [0.2, 0.25) is 0 Å². The fourth-order valence-corrected chi connectivity index (χ4v) is 1.32. The minimum Gasteiger partial charge on any atom is -0.305 e. The van der Waals surface area contributed by atoms with Gasteiger partial charge in [-0.3, -0.25) is 4.79 Å². The molecule has 1 aromatic rings. The summed E-state index contributed by atoms with van der Waals surface area (Å²) in [6, 6.07) is 2.47. The SMILES string of the molecule is Cc1cccnc1NC(=O)C(F)(F)C(F)(F)C(F)(F)C(F)(F)F. The van der Waals surface area contributed by atoms with Crippen LogP contribution in [0.4, 0.5) is 45.3 Å². The van der Waals surface area contributed by atoms with Gasteiger partial charge in [0.15, 0.2) is 0 Å². The number of carbonyl (C=O) groups is 1. The Morgan fingerprint density at radius 2 is 1.52 bits per heavy atom. The molecule has 0 spiro atoms. The Morgan fingerprint density at radius 1 is 1.00 bits per heavy atom. The maximum absolute atomic E-state index is 13.3. The minimum atomic E-state index is -7.12. The van der Waals surface area contributed by atoms with Gasteiger partial charge in [-0.1, -0.05) is 6.07 Å². The summed E-state index contributed by atoms with van der Waals surface area (Å²) in [6.07, 6.45) is -6.04. The van der Waals surface area contributed by atoms with Crippen molar-refractivity contribution in [1.82, 2.24) is 4.98 Å². The van der Waals surface area contributed by atoms with Crippen LogP contribution in [0.15, 0.2) is 18.3 Å². The predicted octanol–water partition coefficient (Wildman–Crippen LogP) is 3.80. The molecule has 0 aliphatic rings. The van der Waals surface area contributed by atoms with Gasteiger partial charge in [-0.05, 0) is 18.6 Å². The van der Waals surface area contributed by atoms with Crippen LogP contribution in [0.25, 0.3) is 0 Å². The van der Waals surface area contributed by atoms with Crippen molar-refractivity contribution in [3.63, 3.8) is 0 Å². The number of alkyl halides is 9. The van der Waals surface area contributed by atoms with Crippen molar-refractivity contribution < 1.29 is 44.3 Å². The van der Waals surface area contributed by atoms with Gasteiger partial charge in [-0.25, -0.2) is 4.98 Å². The number of hydrogen-bond donors (Lipinski definition) is 1. The van der Waals surface area contributed by atoms with Crippen molar-refractivity contribution in [2.75, 3.05) is 5.32 Å². The number of amides is 1. The summed E-state index contributed by atoms with van der Waals surface area (Å²) in [5.74, 6) is -24.2. The number of pyridine rings is 1. The average Bonchev–Trinajstić information content (AvgIpc) is 2.39. The molecule has 0 atom stereocenters. The lowest BCUT2D eigenvalue weighted by molar-refractivity contribution is -0.388. The van der Waals surface area contributed by atoms with Crippen LogP contribution in [0.3, 0.4) is 0 Å². The van der Waals surface area contributed by atoms with E-state index in [0.717, 1.165) is 11.5 Å². The van der Waals surface area contributed by atoms with Crippen molar-refractivity contribution in [3.05, 3.63) is 23.9 Å². The molecule has 1 heterocycles. The second-order valence-electron chi connectivity index (χ2n) is 4.34. The van der Waals surface area contributed by atoms with Crippen molar-refractivity contribution >= 4 is 11.7 Å². The van der Waals surface area contributed by atoms with E-state index in [1.54, 1.807) is 0 Å². The van der Waals surface area contributed by atoms with Crippen molar-refractivity contribution in [2.24, 2.45) is 0 Å². The molecule has 0 radical (unpaired) electrons. The van der Waals surface area contributed by atoms with E-state index >= 15 is 0 Å². The second kappa shape index (κ2) is 5.57. The monoisotopic (exact) mass is 354 g/mol. The van der Waals surface area contributed by atoms with Crippen molar-refractivity contribution in [2.45, 2.75) is 30.9 Å². The van der Waals surface area contributed by atoms with Gasteiger partial charge in [0.2, 0.25) is 0 Å². The summed E-state index contributed by atoms with van der Waals surface area (Å²) < 4.78 is 114. The number of aromatic nitrogens is 1. The first-order valence-corrected chi connectivity index (χ1v) is 5.59. The van der Waals surface area contributed by atoms with Crippen LogP contribution in [0.1, 0.15) is 5.56 Å². The third-order valence-corrected chi connectivity index (χ3v) is 2.67. The second-order valence-corrected chi connectivity index (χ2v) is 4.34. The van der Waals surface area contributed by atoms with Crippen LogP contribution >= 0.6 is 0 Å². The zero-order valence-electron chi connectivity index (χ0n) is 11.0. The standard InChI is InChI=1S/C11H7F9N2O/c1-5-3-2-4-21-6(5)22-7(23)8(12,13)9(14,15)10(16,17)11(18,19)20/h2-4H,1H3,(H,21,22,23). The molecule has 0 aromatic carbocycles. The molecule has 0 bridgehead atoms. The molecule has 3 nitrogen and oxygen atoms in total. The summed E-state index contributed by atoms with van der Waals surface area (Å²) >= 11 is 0. The molecular formula is C11H7F9N2O. The van der Waals surface area contributed by atoms with Crippen LogP contribution in [0.5, 0.6) is 0 Å². The molecular weight excluding hydrogens is 347 g/mol. The van der Waals surface area contributed by atoms with Gasteiger partial charge in [-0.2, -0.15) is 39.5 Å². The lowest BCUT2D eigenvalue weighted by Gasteiger charge is -2.32. The number of aryl methyl sites for hydroxylation is 1. The topological polar surface area (TPSA) is 42.0 Å². The van der Waals surface area contributed by atoms with E-state index in [4.69, 9.17) is 0 Å². The highest BCUT2D eigenvalue weighted by atomic mass is 19.4. The van der Waals surface area contributed by atoms with E-state index in [-0.39, 0.29) is 5.56 Å². The number of carbonyl (C=O) groups excluding carboxylic acids is 1. The van der Waals surface area contributed by atoms with Gasteiger partial charge in [-0.15, -0.1) is 0 Å². The summed E-state index contributed by atoms with van der Waals surface area (Å²) in [7, 11) is 0. The molecule has 1 N–H and O–H groups in total. The number of nitrogens with one attached hydrogen (secondary N) is 1. The third-order valence-electron chi connectivity index (χ3n) is 2.67. The normalized spacial score (nSPS) is 13.8. The van der Waals surface area contributed by atoms with E-state index in [1.807, 2.05) is 0 Å². The molecule has 0 aliphatic carbocycles. The number of nitrogens with zero attached hydrogens (tertiary/aromatic N) is 1. The van der Waals surface area contributed by atoms with E-state index in [9.17, 15) is 44.3 Å². The van der Waals surface area contributed by atoms with Crippen molar-refractivity contribution in [3.8, 4) is 0 Å². The molecule has 0 fully saturated rings. The summed E-state index contributed by atoms with van der Waals surface area (Å²) in [5, 5.41) is 1.10. The van der Waals surface area contributed by atoms with E-state index < -0.39 is 35.7 Å². The zero-order valence-corrected chi connectivity index (χ0v) is 11.0. The van der Waals surface area contributed by atoms with Crippen LogP contribution in [0, 0.1) is 6.92 Å². The van der Waals surface area contributed by atoms with Crippen LogP contribution in [-0.4, -0.2) is 34.8 Å². The van der Waals surface area contributed by atoms with E-state index in [1.165, 1.54) is 19.1 Å². The number of anilines is 1. The maximum Gasteiger partial charge on any atom is 0.460 e. The number of hydrogen-bond acceptors (Lipinski definition) is 2. The minimum absolute atomic E-state index is 0.0115. The molecule has 0 saturated carbocycles. The molecule has 0 unspecified atom stereocenters. The van der Waals surface area contributed by atoms with Gasteiger partial charge in [0, 0.05) is 6.20 Å². The predicted molar refractivity (Wildman–Crippen MR) is 58.5 cm³/mol. The highest BCUT2D eigenvalue weighted by molar-refractivity contribution is 5.96. The van der Waals surface area contributed by atoms with Gasteiger partial charge in [0.1, 0.15) is 5.82 Å². The molecule has 130 valence electrons. The molecule has 0 aliphatic heterocycles. The highest BCUT2D eigenvalue weighted by Gasteiger charge is 2.83. The van der Waals surface area contributed by atoms with Gasteiger partial charge >= 0.3 is 29.9 Å². The Bertz CT molecular complexity index is 597. The molecule has 1 aromatic heterocycles. The smallest absolute Gasteiger partial charge is 0.305 e. The Kier molecular flexibility index (Phi) is 4.61. The fraction of sp³-hybridized carbons (Fsp3) is 0.455. The van der Waals surface area contributed by atoms with Gasteiger partial charge in [0.25, 0.3) is 0 Å². The summed E-state index contributed by atoms with van der Waals surface area (Å²) in [4.78, 5) is 14.4. The third kappa shape index (κ3) is 3.06. The molecule has 12 heteroatoms. The quantitative estimate of drug-likeness (QED) is 0.836. The molecule has 23 heavy (non-hydrogen) atoms. The lowest BCUT2D eigenvalue weighted by Crippen LogP contribution is -2.64. The maximum atomic E-state index is 13.3. The molecule has 0 saturated heterocycles. The highest BCUT2D eigenvalue weighted by Crippen LogP contribution is 2.53. The van der Waals surface area contributed by atoms with Gasteiger partial charge in [0.05, 0.1) is 0 Å². The first-order chi connectivity index (χ1) is 10.2. The average molecular weight is 354 g/mol.